The van der Waals surface area contributed by atoms with Gasteiger partial charge in [-0.1, -0.05) is 12.1 Å². The SMILES string of the molecule is COC(=O)c1ccc(C(C(=O)OC(C)(C)C)(c2ccc[nH]2)C2CCC(O)CC2)cc1. The van der Waals surface area contributed by atoms with Crippen LogP contribution >= 0.6 is 0 Å². The summed E-state index contributed by atoms with van der Waals surface area (Å²) < 4.78 is 10.8. The van der Waals surface area contributed by atoms with E-state index in [1.54, 1.807) is 18.3 Å². The van der Waals surface area contributed by atoms with E-state index in [1.807, 2.05) is 45.0 Å². The molecule has 1 aromatic heterocycles. The molecule has 1 heterocycles. The number of carbonyl (C=O) groups excluding carboxylic acids is 2. The van der Waals surface area contributed by atoms with Gasteiger partial charge >= 0.3 is 11.9 Å². The lowest BCUT2D eigenvalue weighted by Crippen LogP contribution is -2.49. The van der Waals surface area contributed by atoms with Crippen LogP contribution in [0, 0.1) is 5.92 Å². The Hall–Kier alpha value is -2.60. The fourth-order valence-electron chi connectivity index (χ4n) is 4.44. The molecule has 2 N–H and O–H groups in total. The highest BCUT2D eigenvalue weighted by atomic mass is 16.6. The van der Waals surface area contributed by atoms with Crippen molar-refractivity contribution in [2.45, 2.75) is 63.6 Å². The summed E-state index contributed by atoms with van der Waals surface area (Å²) in [5, 5.41) is 10.1. The van der Waals surface area contributed by atoms with Gasteiger partial charge < -0.3 is 19.6 Å². The fraction of sp³-hybridized carbons (Fsp3) is 0.500. The minimum Gasteiger partial charge on any atom is -0.465 e. The number of H-pyrrole nitrogens is 1. The molecule has 1 fully saturated rings. The number of benzene rings is 1. The number of hydrogen-bond donors (Lipinski definition) is 2. The zero-order valence-corrected chi connectivity index (χ0v) is 18.1. The molecule has 0 saturated heterocycles. The molecular formula is C24H31NO5. The Balaban J connectivity index is 2.17. The first kappa shape index (κ1) is 22.1. The van der Waals surface area contributed by atoms with Crippen LogP contribution in [0.1, 0.15) is 68.1 Å². The van der Waals surface area contributed by atoms with Gasteiger partial charge in [-0.15, -0.1) is 0 Å². The summed E-state index contributed by atoms with van der Waals surface area (Å²) in [6, 6.07) is 10.8. The Labute approximate surface area is 177 Å². The number of methoxy groups -OCH3 is 1. The van der Waals surface area contributed by atoms with Gasteiger partial charge in [0.05, 0.1) is 18.8 Å². The van der Waals surface area contributed by atoms with Crippen molar-refractivity contribution in [3.05, 3.63) is 59.4 Å². The minimum atomic E-state index is -1.06. The first-order valence-corrected chi connectivity index (χ1v) is 10.4. The van der Waals surface area contributed by atoms with Gasteiger partial charge in [0.1, 0.15) is 11.0 Å². The zero-order valence-electron chi connectivity index (χ0n) is 18.1. The smallest absolute Gasteiger partial charge is 0.337 e. The number of aromatic nitrogens is 1. The fourth-order valence-corrected chi connectivity index (χ4v) is 4.44. The van der Waals surface area contributed by atoms with E-state index < -0.39 is 17.0 Å². The topological polar surface area (TPSA) is 88.6 Å². The van der Waals surface area contributed by atoms with E-state index in [4.69, 9.17) is 9.47 Å². The van der Waals surface area contributed by atoms with E-state index in [0.29, 0.717) is 31.2 Å². The van der Waals surface area contributed by atoms with Crippen molar-refractivity contribution in [2.24, 2.45) is 5.92 Å². The summed E-state index contributed by atoms with van der Waals surface area (Å²) in [6.45, 7) is 5.57. The predicted molar refractivity (Wildman–Crippen MR) is 113 cm³/mol. The van der Waals surface area contributed by atoms with E-state index >= 15 is 0 Å². The normalized spacial score (nSPS) is 21.5. The molecule has 3 rings (SSSR count). The maximum atomic E-state index is 13.8. The molecule has 0 aliphatic heterocycles. The van der Waals surface area contributed by atoms with Crippen molar-refractivity contribution in [2.75, 3.05) is 7.11 Å². The van der Waals surface area contributed by atoms with E-state index in [9.17, 15) is 14.7 Å². The molecule has 1 unspecified atom stereocenters. The third-order valence-electron chi connectivity index (χ3n) is 5.81. The van der Waals surface area contributed by atoms with Crippen LogP contribution in [-0.4, -0.2) is 40.8 Å². The molecule has 0 amide bonds. The second-order valence-electron chi connectivity index (χ2n) is 8.97. The standard InChI is InChI=1S/C24H31NO5/c1-23(2,3)30-22(28)24(20-6-5-15-25-20,18-11-13-19(26)14-12-18)17-9-7-16(8-10-17)21(27)29-4/h5-10,15,18-19,25-26H,11-14H2,1-4H3. The lowest BCUT2D eigenvalue weighted by molar-refractivity contribution is -0.163. The number of ether oxygens (including phenoxy) is 2. The van der Waals surface area contributed by atoms with Crippen LogP contribution < -0.4 is 0 Å². The van der Waals surface area contributed by atoms with Crippen LogP contribution in [0.3, 0.4) is 0 Å². The maximum absolute atomic E-state index is 13.8. The third kappa shape index (κ3) is 4.29. The lowest BCUT2D eigenvalue weighted by atomic mass is 9.62. The van der Waals surface area contributed by atoms with Crippen LogP contribution in [0.5, 0.6) is 0 Å². The summed E-state index contributed by atoms with van der Waals surface area (Å²) in [5.74, 6) is -0.812. The van der Waals surface area contributed by atoms with Crippen LogP contribution in [0.4, 0.5) is 0 Å². The molecular weight excluding hydrogens is 382 g/mol. The first-order chi connectivity index (χ1) is 14.2. The van der Waals surface area contributed by atoms with Gasteiger partial charge in [-0.25, -0.2) is 4.79 Å². The molecule has 1 atom stereocenters. The quantitative estimate of drug-likeness (QED) is 0.724. The van der Waals surface area contributed by atoms with Crippen LogP contribution in [-0.2, 0) is 19.7 Å². The molecule has 1 aliphatic rings. The summed E-state index contributed by atoms with van der Waals surface area (Å²) in [4.78, 5) is 29.0. The number of esters is 2. The number of carbonyl (C=O) groups is 2. The van der Waals surface area contributed by atoms with E-state index in [2.05, 4.69) is 4.98 Å². The molecule has 0 spiro atoms. The molecule has 1 aromatic carbocycles. The van der Waals surface area contributed by atoms with Gasteiger partial charge in [0.15, 0.2) is 0 Å². The molecule has 6 nitrogen and oxygen atoms in total. The highest BCUT2D eigenvalue weighted by molar-refractivity contribution is 5.91. The van der Waals surface area contributed by atoms with E-state index in [0.717, 1.165) is 11.3 Å². The monoisotopic (exact) mass is 413 g/mol. The van der Waals surface area contributed by atoms with Gasteiger partial charge in [-0.05, 0) is 82.2 Å². The Morgan fingerprint density at radius 3 is 2.17 bits per heavy atom. The number of aliphatic hydroxyl groups is 1. The van der Waals surface area contributed by atoms with E-state index in [-0.39, 0.29) is 18.0 Å². The average molecular weight is 414 g/mol. The Morgan fingerprint density at radius 2 is 1.67 bits per heavy atom. The van der Waals surface area contributed by atoms with Crippen molar-refractivity contribution < 1.29 is 24.2 Å². The highest BCUT2D eigenvalue weighted by Gasteiger charge is 2.52. The van der Waals surface area contributed by atoms with Crippen molar-refractivity contribution in [3.63, 3.8) is 0 Å². The maximum Gasteiger partial charge on any atom is 0.337 e. The van der Waals surface area contributed by atoms with Gasteiger partial charge in [-0.2, -0.15) is 0 Å². The second kappa shape index (κ2) is 8.64. The average Bonchev–Trinajstić information content (AvgIpc) is 3.23. The molecule has 0 bridgehead atoms. The van der Waals surface area contributed by atoms with Crippen LogP contribution in [0.15, 0.2) is 42.6 Å². The molecule has 30 heavy (non-hydrogen) atoms. The molecule has 162 valence electrons. The van der Waals surface area contributed by atoms with Crippen molar-refractivity contribution >= 4 is 11.9 Å². The molecule has 2 aromatic rings. The van der Waals surface area contributed by atoms with Gasteiger partial charge in [0, 0.05) is 11.9 Å². The number of nitrogens with one attached hydrogen (secondary N) is 1. The molecule has 0 radical (unpaired) electrons. The largest absolute Gasteiger partial charge is 0.465 e. The minimum absolute atomic E-state index is 0.0571. The van der Waals surface area contributed by atoms with Crippen LogP contribution in [0.25, 0.3) is 0 Å². The van der Waals surface area contributed by atoms with Crippen molar-refractivity contribution in [1.82, 2.24) is 4.98 Å². The summed E-state index contributed by atoms with van der Waals surface area (Å²) in [7, 11) is 1.34. The summed E-state index contributed by atoms with van der Waals surface area (Å²) in [6.07, 6.45) is 4.11. The zero-order chi connectivity index (χ0) is 21.9. The first-order valence-electron chi connectivity index (χ1n) is 10.4. The van der Waals surface area contributed by atoms with Crippen molar-refractivity contribution in [1.29, 1.82) is 0 Å². The van der Waals surface area contributed by atoms with Gasteiger partial charge in [0.25, 0.3) is 0 Å². The second-order valence-corrected chi connectivity index (χ2v) is 8.97. The van der Waals surface area contributed by atoms with E-state index in [1.165, 1.54) is 7.11 Å². The molecule has 1 aliphatic carbocycles. The Bertz CT molecular complexity index is 858. The predicted octanol–water partition coefficient (Wildman–Crippen LogP) is 3.98. The van der Waals surface area contributed by atoms with Gasteiger partial charge in [-0.3, -0.25) is 4.79 Å². The van der Waals surface area contributed by atoms with Crippen LogP contribution in [0.2, 0.25) is 0 Å². The lowest BCUT2D eigenvalue weighted by Gasteiger charge is -2.42. The number of aromatic amines is 1. The highest BCUT2D eigenvalue weighted by Crippen LogP contribution is 2.47. The summed E-state index contributed by atoms with van der Waals surface area (Å²) in [5.41, 5.74) is 0.211. The number of aliphatic hydroxyl groups excluding tert-OH is 1. The van der Waals surface area contributed by atoms with Crippen molar-refractivity contribution in [3.8, 4) is 0 Å². The number of hydrogen-bond acceptors (Lipinski definition) is 5. The Kier molecular flexibility index (Phi) is 6.36. The molecule has 1 saturated carbocycles. The number of rotatable bonds is 5. The van der Waals surface area contributed by atoms with Gasteiger partial charge in [0.2, 0.25) is 0 Å². The Morgan fingerprint density at radius 1 is 1.03 bits per heavy atom. The third-order valence-corrected chi connectivity index (χ3v) is 5.81. The summed E-state index contributed by atoms with van der Waals surface area (Å²) >= 11 is 0. The molecule has 6 heteroatoms.